The van der Waals surface area contributed by atoms with Gasteiger partial charge in [-0.3, -0.25) is 0 Å². The first-order valence-corrected chi connectivity index (χ1v) is 5.00. The fourth-order valence-electron chi connectivity index (χ4n) is 1.18. The van der Waals surface area contributed by atoms with Gasteiger partial charge >= 0.3 is 0 Å². The molecule has 2 rings (SSSR count). The van der Waals surface area contributed by atoms with Crippen LogP contribution in [0, 0.1) is 23.5 Å². The van der Waals surface area contributed by atoms with E-state index >= 15 is 0 Å². The maximum atomic E-state index is 13.2. The van der Waals surface area contributed by atoms with Crippen LogP contribution in [0.5, 0.6) is 11.5 Å². The summed E-state index contributed by atoms with van der Waals surface area (Å²) < 4.78 is 56.7. The molecule has 0 spiro atoms. The molecule has 0 saturated carbocycles. The van der Waals surface area contributed by atoms with Crippen molar-refractivity contribution in [3.05, 3.63) is 52.8 Å². The number of pyridine rings is 1. The SMILES string of the molecule is Fc1nc(F)c(F)c(Oc2ccc(Cl)cc2)c1F. The van der Waals surface area contributed by atoms with E-state index in [1.807, 2.05) is 0 Å². The van der Waals surface area contributed by atoms with Gasteiger partial charge in [0.05, 0.1) is 0 Å². The molecule has 0 saturated heterocycles. The first kappa shape index (κ1) is 12.6. The van der Waals surface area contributed by atoms with E-state index in [2.05, 4.69) is 4.98 Å². The smallest absolute Gasteiger partial charge is 0.255 e. The van der Waals surface area contributed by atoms with Crippen LogP contribution in [-0.2, 0) is 0 Å². The topological polar surface area (TPSA) is 22.1 Å². The zero-order valence-corrected chi connectivity index (χ0v) is 9.31. The first-order chi connectivity index (χ1) is 8.49. The largest absolute Gasteiger partial charge is 0.451 e. The van der Waals surface area contributed by atoms with Crippen molar-refractivity contribution in [1.29, 1.82) is 0 Å². The second-order valence-corrected chi connectivity index (χ2v) is 3.64. The lowest BCUT2D eigenvalue weighted by Crippen LogP contribution is -2.03. The normalized spacial score (nSPS) is 10.5. The minimum atomic E-state index is -1.78. The number of hydrogen-bond donors (Lipinski definition) is 0. The highest BCUT2D eigenvalue weighted by Gasteiger charge is 2.22. The molecule has 2 nitrogen and oxygen atoms in total. The maximum absolute atomic E-state index is 13.2. The molecule has 0 bridgehead atoms. The Bertz CT molecular complexity index is 562. The quantitative estimate of drug-likeness (QED) is 0.609. The number of hydrogen-bond acceptors (Lipinski definition) is 2. The Hall–Kier alpha value is -1.82. The van der Waals surface area contributed by atoms with Gasteiger partial charge in [0, 0.05) is 5.02 Å². The van der Waals surface area contributed by atoms with E-state index in [1.54, 1.807) is 0 Å². The van der Waals surface area contributed by atoms with Crippen molar-refractivity contribution in [2.75, 3.05) is 0 Å². The minimum Gasteiger partial charge on any atom is -0.451 e. The Kier molecular flexibility index (Phi) is 3.38. The van der Waals surface area contributed by atoms with Crippen molar-refractivity contribution in [3.63, 3.8) is 0 Å². The molecular weight excluding hydrogens is 274 g/mol. The van der Waals surface area contributed by atoms with Crippen molar-refractivity contribution in [3.8, 4) is 11.5 Å². The van der Waals surface area contributed by atoms with Crippen LogP contribution in [-0.4, -0.2) is 4.98 Å². The Morgan fingerprint density at radius 1 is 0.889 bits per heavy atom. The summed E-state index contributed by atoms with van der Waals surface area (Å²) in [6.45, 7) is 0. The summed E-state index contributed by atoms with van der Waals surface area (Å²) in [4.78, 5) is 2.40. The van der Waals surface area contributed by atoms with Gasteiger partial charge in [-0.25, -0.2) is 0 Å². The average Bonchev–Trinajstić information content (AvgIpc) is 2.34. The fourth-order valence-corrected chi connectivity index (χ4v) is 1.30. The summed E-state index contributed by atoms with van der Waals surface area (Å²) in [5, 5.41) is 0.371. The highest BCUT2D eigenvalue weighted by atomic mass is 35.5. The average molecular weight is 278 g/mol. The second kappa shape index (κ2) is 4.81. The third kappa shape index (κ3) is 2.38. The lowest BCUT2D eigenvalue weighted by Gasteiger charge is -2.08. The molecule has 18 heavy (non-hydrogen) atoms. The monoisotopic (exact) mass is 277 g/mol. The van der Waals surface area contributed by atoms with Crippen molar-refractivity contribution < 1.29 is 22.3 Å². The van der Waals surface area contributed by atoms with Gasteiger partial charge < -0.3 is 4.74 Å². The molecular formula is C11H4ClF4NO. The van der Waals surface area contributed by atoms with Gasteiger partial charge in [-0.15, -0.1) is 0 Å². The molecule has 1 heterocycles. The van der Waals surface area contributed by atoms with Gasteiger partial charge in [0.15, 0.2) is 0 Å². The third-order valence-corrected chi connectivity index (χ3v) is 2.24. The zero-order chi connectivity index (χ0) is 13.3. The summed E-state index contributed by atoms with van der Waals surface area (Å²) in [5.74, 6) is -8.19. The van der Waals surface area contributed by atoms with E-state index < -0.39 is 29.3 Å². The summed E-state index contributed by atoms with van der Waals surface area (Å²) >= 11 is 5.59. The van der Waals surface area contributed by atoms with Crippen LogP contribution >= 0.6 is 11.6 Å². The minimum absolute atomic E-state index is 0.0257. The number of nitrogens with zero attached hydrogens (tertiary/aromatic N) is 1. The summed E-state index contributed by atoms with van der Waals surface area (Å²) in [6, 6.07) is 5.36. The Balaban J connectivity index is 2.42. The van der Waals surface area contributed by atoms with E-state index in [9.17, 15) is 17.6 Å². The van der Waals surface area contributed by atoms with Gasteiger partial charge in [-0.05, 0) is 24.3 Å². The molecule has 0 amide bonds. The molecule has 0 fully saturated rings. The number of aromatic nitrogens is 1. The predicted molar refractivity (Wildman–Crippen MR) is 55.6 cm³/mol. The van der Waals surface area contributed by atoms with E-state index in [0.717, 1.165) is 0 Å². The van der Waals surface area contributed by atoms with Crippen LogP contribution in [0.4, 0.5) is 17.6 Å². The highest BCUT2D eigenvalue weighted by molar-refractivity contribution is 6.30. The molecule has 1 aromatic carbocycles. The number of rotatable bonds is 2. The molecule has 0 aliphatic rings. The van der Waals surface area contributed by atoms with E-state index in [0.29, 0.717) is 5.02 Å². The van der Waals surface area contributed by atoms with Crippen LogP contribution in [0.3, 0.4) is 0 Å². The Morgan fingerprint density at radius 2 is 1.39 bits per heavy atom. The molecule has 0 aliphatic carbocycles. The van der Waals surface area contributed by atoms with Crippen LogP contribution < -0.4 is 4.74 Å². The van der Waals surface area contributed by atoms with Crippen molar-refractivity contribution in [2.24, 2.45) is 0 Å². The molecule has 7 heteroatoms. The van der Waals surface area contributed by atoms with Gasteiger partial charge in [0.1, 0.15) is 5.75 Å². The molecule has 94 valence electrons. The number of benzene rings is 1. The maximum Gasteiger partial charge on any atom is 0.255 e. The molecule has 0 atom stereocenters. The lowest BCUT2D eigenvalue weighted by molar-refractivity contribution is 0.343. The van der Waals surface area contributed by atoms with Crippen LogP contribution in [0.1, 0.15) is 0 Å². The molecule has 0 aliphatic heterocycles. The highest BCUT2D eigenvalue weighted by Crippen LogP contribution is 2.29. The van der Waals surface area contributed by atoms with Gasteiger partial charge in [0.2, 0.25) is 17.4 Å². The molecule has 2 aromatic rings. The van der Waals surface area contributed by atoms with Crippen LogP contribution in [0.25, 0.3) is 0 Å². The summed E-state index contributed by atoms with van der Waals surface area (Å²) in [7, 11) is 0. The van der Waals surface area contributed by atoms with Gasteiger partial charge in [0.25, 0.3) is 11.9 Å². The first-order valence-electron chi connectivity index (χ1n) is 4.62. The van der Waals surface area contributed by atoms with E-state index in [-0.39, 0.29) is 5.75 Å². The third-order valence-electron chi connectivity index (χ3n) is 1.99. The molecule has 0 N–H and O–H groups in total. The van der Waals surface area contributed by atoms with Crippen molar-refractivity contribution >= 4 is 11.6 Å². The van der Waals surface area contributed by atoms with Crippen molar-refractivity contribution in [2.45, 2.75) is 0 Å². The zero-order valence-electron chi connectivity index (χ0n) is 8.55. The Morgan fingerprint density at radius 3 is 1.89 bits per heavy atom. The Labute approximate surface area is 104 Å². The van der Waals surface area contributed by atoms with E-state index in [4.69, 9.17) is 16.3 Å². The number of ether oxygens (including phenoxy) is 1. The summed E-state index contributed by atoms with van der Waals surface area (Å²) in [6.07, 6.45) is 0. The second-order valence-electron chi connectivity index (χ2n) is 3.21. The van der Waals surface area contributed by atoms with Gasteiger partial charge in [-0.2, -0.15) is 22.5 Å². The van der Waals surface area contributed by atoms with E-state index in [1.165, 1.54) is 24.3 Å². The van der Waals surface area contributed by atoms with Crippen LogP contribution in [0.15, 0.2) is 24.3 Å². The fraction of sp³-hybridized carbons (Fsp3) is 0. The molecule has 1 aromatic heterocycles. The number of halogens is 5. The summed E-state index contributed by atoms with van der Waals surface area (Å²) in [5.41, 5.74) is 0. The molecule has 0 unspecified atom stereocenters. The van der Waals surface area contributed by atoms with Gasteiger partial charge in [-0.1, -0.05) is 11.6 Å². The van der Waals surface area contributed by atoms with Crippen LogP contribution in [0.2, 0.25) is 5.02 Å². The standard InChI is InChI=1S/C11H4ClF4NO/c12-5-1-3-6(4-2-5)18-9-7(13)10(15)17-11(16)8(9)14/h1-4H. The molecule has 0 radical (unpaired) electrons. The van der Waals surface area contributed by atoms with Crippen molar-refractivity contribution in [1.82, 2.24) is 4.98 Å². The lowest BCUT2D eigenvalue weighted by atomic mass is 10.3. The predicted octanol–water partition coefficient (Wildman–Crippen LogP) is 4.08.